The lowest BCUT2D eigenvalue weighted by atomic mass is 9.48. The highest BCUT2D eigenvalue weighted by Gasteiger charge is 2.59. The number of carbonyl (C=O) groups is 1. The second kappa shape index (κ2) is 6.53. The Labute approximate surface area is 154 Å². The number of rotatable bonds is 3. The zero-order valence-corrected chi connectivity index (χ0v) is 16.1. The molecule has 0 saturated heterocycles. The zero-order chi connectivity index (χ0) is 17.7. The summed E-state index contributed by atoms with van der Waals surface area (Å²) in [6.45, 7) is 3.87. The second-order valence-electron chi connectivity index (χ2n) is 8.87. The van der Waals surface area contributed by atoms with Crippen LogP contribution in [0, 0.1) is 34.5 Å². The Morgan fingerprint density at radius 2 is 2.12 bits per heavy atom. The average Bonchev–Trinajstić information content (AvgIpc) is 2.96. The molecular formula is C21H29FO2S. The lowest BCUT2D eigenvalue weighted by Gasteiger charge is -2.57. The molecule has 4 aliphatic rings. The molecule has 4 aliphatic carbocycles. The van der Waals surface area contributed by atoms with Crippen molar-refractivity contribution >= 4 is 17.2 Å². The molecule has 0 amide bonds. The maximum atomic E-state index is 12.6. The van der Waals surface area contributed by atoms with Gasteiger partial charge in [-0.25, -0.2) is 4.39 Å². The molecule has 0 spiro atoms. The van der Waals surface area contributed by atoms with Gasteiger partial charge in [0.1, 0.15) is 0 Å². The minimum atomic E-state index is -0.895. The van der Waals surface area contributed by atoms with E-state index in [4.69, 9.17) is 4.18 Å². The van der Waals surface area contributed by atoms with E-state index in [0.29, 0.717) is 17.8 Å². The highest BCUT2D eigenvalue weighted by molar-refractivity contribution is 8.09. The summed E-state index contributed by atoms with van der Waals surface area (Å²) >= 11 is 0.741. The highest BCUT2D eigenvalue weighted by atomic mass is 32.2. The van der Waals surface area contributed by atoms with Gasteiger partial charge in [-0.2, -0.15) is 0 Å². The minimum absolute atomic E-state index is 0.0293. The van der Waals surface area contributed by atoms with E-state index >= 15 is 0 Å². The summed E-state index contributed by atoms with van der Waals surface area (Å²) in [5, 5.41) is 0.0428. The first kappa shape index (κ1) is 17.8. The van der Waals surface area contributed by atoms with Crippen LogP contribution in [0.1, 0.15) is 58.8 Å². The van der Waals surface area contributed by atoms with E-state index in [2.05, 4.69) is 32.1 Å². The van der Waals surface area contributed by atoms with Gasteiger partial charge in [0.25, 0.3) is 0 Å². The van der Waals surface area contributed by atoms with Gasteiger partial charge >= 0.3 is 0 Å². The summed E-state index contributed by atoms with van der Waals surface area (Å²) in [5.74, 6) is 2.08. The largest absolute Gasteiger partial charge is 0.284 e. The van der Waals surface area contributed by atoms with Crippen molar-refractivity contribution in [1.29, 1.82) is 0 Å². The van der Waals surface area contributed by atoms with Gasteiger partial charge in [-0.3, -0.25) is 8.98 Å². The third kappa shape index (κ3) is 2.66. The molecule has 6 atom stereocenters. The summed E-state index contributed by atoms with van der Waals surface area (Å²) in [4.78, 5) is 12.6. The fourth-order valence-electron chi connectivity index (χ4n) is 6.87. The standard InChI is InChI=1S/C21H29FO2S/c1-20-11-4-3-5-14(20)6-7-15-16-8-9-18(19(23)25-24-13-22)21(16,2)12-10-17(15)20/h4-5,11,15-18H,3,6-10,12-13H2,1-2H3/t15-,16-,17-,18+,20-,21-/m0/s1. The SMILES string of the molecule is C[C@]12CC[C@H]3[C@@H](CCC4=CCC=C[C@@]43C)[C@@H]1CC[C@@H]2C(=O)SOCF. The molecule has 0 aromatic carbocycles. The van der Waals surface area contributed by atoms with E-state index in [1.165, 1.54) is 19.3 Å². The summed E-state index contributed by atoms with van der Waals surface area (Å²) < 4.78 is 17.0. The van der Waals surface area contributed by atoms with Gasteiger partial charge in [0.2, 0.25) is 12.0 Å². The monoisotopic (exact) mass is 364 g/mol. The molecule has 2 nitrogen and oxygen atoms in total. The number of halogens is 1. The molecule has 0 aromatic rings. The van der Waals surface area contributed by atoms with E-state index < -0.39 is 6.86 Å². The van der Waals surface area contributed by atoms with Crippen LogP contribution in [0.3, 0.4) is 0 Å². The van der Waals surface area contributed by atoms with Crippen molar-refractivity contribution in [3.8, 4) is 0 Å². The third-order valence-electron chi connectivity index (χ3n) is 8.08. The van der Waals surface area contributed by atoms with Gasteiger partial charge in [-0.05, 0) is 68.1 Å². The fourth-order valence-corrected chi connectivity index (χ4v) is 7.53. The van der Waals surface area contributed by atoms with E-state index in [1.54, 1.807) is 5.57 Å². The molecule has 0 radical (unpaired) electrons. The normalized spacial score (nSPS) is 45.3. The van der Waals surface area contributed by atoms with Crippen LogP contribution >= 0.6 is 12.0 Å². The van der Waals surface area contributed by atoms with Crippen molar-refractivity contribution in [2.45, 2.75) is 58.8 Å². The number of allylic oxidation sites excluding steroid dienone is 4. The molecule has 0 aromatic heterocycles. The molecule has 0 aliphatic heterocycles. The van der Waals surface area contributed by atoms with Gasteiger partial charge in [0, 0.05) is 11.3 Å². The number of carbonyl (C=O) groups excluding carboxylic acids is 1. The molecule has 4 heteroatoms. The molecule has 0 heterocycles. The summed E-state index contributed by atoms with van der Waals surface area (Å²) in [6, 6.07) is 0. The Kier molecular flexibility index (Phi) is 4.64. The lowest BCUT2D eigenvalue weighted by molar-refractivity contribution is -0.121. The molecule has 0 unspecified atom stereocenters. The van der Waals surface area contributed by atoms with Crippen molar-refractivity contribution in [2.24, 2.45) is 34.5 Å². The number of hydrogen-bond donors (Lipinski definition) is 0. The molecule has 0 N–H and O–H groups in total. The number of alkyl halides is 1. The van der Waals surface area contributed by atoms with Gasteiger partial charge in [0.05, 0.1) is 12.0 Å². The van der Waals surface area contributed by atoms with Gasteiger partial charge in [-0.1, -0.05) is 37.6 Å². The minimum Gasteiger partial charge on any atom is -0.284 e. The van der Waals surface area contributed by atoms with Gasteiger partial charge < -0.3 is 0 Å². The molecule has 25 heavy (non-hydrogen) atoms. The van der Waals surface area contributed by atoms with Crippen molar-refractivity contribution in [3.05, 3.63) is 23.8 Å². The summed E-state index contributed by atoms with van der Waals surface area (Å²) in [7, 11) is 0. The van der Waals surface area contributed by atoms with Crippen LogP contribution in [0.25, 0.3) is 0 Å². The van der Waals surface area contributed by atoms with Crippen molar-refractivity contribution in [3.63, 3.8) is 0 Å². The topological polar surface area (TPSA) is 26.3 Å². The average molecular weight is 365 g/mol. The summed E-state index contributed by atoms with van der Waals surface area (Å²) in [6.07, 6.45) is 15.3. The number of hydrogen-bond acceptors (Lipinski definition) is 3. The predicted molar refractivity (Wildman–Crippen MR) is 99.4 cm³/mol. The van der Waals surface area contributed by atoms with E-state index in [-0.39, 0.29) is 21.9 Å². The first-order valence-corrected chi connectivity index (χ1v) is 10.5. The van der Waals surface area contributed by atoms with Crippen LogP contribution in [-0.4, -0.2) is 12.0 Å². The van der Waals surface area contributed by atoms with Gasteiger partial charge in [-0.15, -0.1) is 0 Å². The maximum absolute atomic E-state index is 12.6. The molecule has 3 saturated carbocycles. The third-order valence-corrected chi connectivity index (χ3v) is 8.74. The first-order chi connectivity index (χ1) is 12.0. The van der Waals surface area contributed by atoms with E-state index in [1.807, 2.05) is 0 Å². The Balaban J connectivity index is 1.58. The van der Waals surface area contributed by atoms with E-state index in [9.17, 15) is 9.18 Å². The second-order valence-corrected chi connectivity index (χ2v) is 9.67. The summed E-state index contributed by atoms with van der Waals surface area (Å²) in [5.41, 5.74) is 1.95. The quantitative estimate of drug-likeness (QED) is 0.464. The molecule has 0 bridgehead atoms. The van der Waals surface area contributed by atoms with E-state index in [0.717, 1.165) is 37.7 Å². The van der Waals surface area contributed by atoms with Crippen LogP contribution in [0.15, 0.2) is 23.8 Å². The molecule has 3 fully saturated rings. The smallest absolute Gasteiger partial charge is 0.219 e. The Hall–Kier alpha value is -0.610. The highest BCUT2D eigenvalue weighted by Crippen LogP contribution is 2.66. The van der Waals surface area contributed by atoms with Crippen LogP contribution in [0.5, 0.6) is 0 Å². The van der Waals surface area contributed by atoms with Crippen LogP contribution in [-0.2, 0) is 8.98 Å². The fraction of sp³-hybridized carbons (Fsp3) is 0.762. The Morgan fingerprint density at radius 3 is 2.92 bits per heavy atom. The van der Waals surface area contributed by atoms with Crippen molar-refractivity contribution in [1.82, 2.24) is 0 Å². The van der Waals surface area contributed by atoms with Crippen molar-refractivity contribution < 1.29 is 13.4 Å². The number of fused-ring (bicyclic) bond motifs is 5. The maximum Gasteiger partial charge on any atom is 0.219 e. The molecular weight excluding hydrogens is 335 g/mol. The van der Waals surface area contributed by atoms with Crippen LogP contribution in [0.2, 0.25) is 0 Å². The molecule has 138 valence electrons. The van der Waals surface area contributed by atoms with Crippen LogP contribution in [0.4, 0.5) is 4.39 Å². The lowest BCUT2D eigenvalue weighted by Crippen LogP contribution is -2.49. The first-order valence-electron chi connectivity index (χ1n) is 9.77. The van der Waals surface area contributed by atoms with Crippen LogP contribution < -0.4 is 0 Å². The molecule has 4 rings (SSSR count). The van der Waals surface area contributed by atoms with Crippen molar-refractivity contribution in [2.75, 3.05) is 6.86 Å². The Morgan fingerprint density at radius 1 is 1.28 bits per heavy atom. The zero-order valence-electron chi connectivity index (χ0n) is 15.3. The van der Waals surface area contributed by atoms with Gasteiger partial charge in [0.15, 0.2) is 0 Å². The Bertz CT molecular complexity index is 615. The predicted octanol–water partition coefficient (Wildman–Crippen LogP) is 5.85.